The number of carbonyl (C=O) groups is 1. The Labute approximate surface area is 175 Å². The van der Waals surface area contributed by atoms with Gasteiger partial charge in [0.05, 0.1) is 12.5 Å². The van der Waals surface area contributed by atoms with Gasteiger partial charge in [-0.25, -0.2) is 15.0 Å². The molecule has 0 saturated heterocycles. The zero-order valence-electron chi connectivity index (χ0n) is 17.2. The van der Waals surface area contributed by atoms with Crippen LogP contribution in [0.15, 0.2) is 41.5 Å². The van der Waals surface area contributed by atoms with Crippen LogP contribution in [0.5, 0.6) is 0 Å². The lowest BCUT2D eigenvalue weighted by Crippen LogP contribution is -2.31. The first-order valence-electron chi connectivity index (χ1n) is 10.3. The number of hydrogen-bond donors (Lipinski definition) is 2. The third-order valence-electron chi connectivity index (χ3n) is 5.59. The van der Waals surface area contributed by atoms with E-state index >= 15 is 0 Å². The van der Waals surface area contributed by atoms with E-state index in [1.165, 1.54) is 24.0 Å². The van der Waals surface area contributed by atoms with Gasteiger partial charge in [-0.2, -0.15) is 0 Å². The number of H-pyrrole nitrogens is 1. The van der Waals surface area contributed by atoms with E-state index in [9.17, 15) is 9.59 Å². The first-order chi connectivity index (χ1) is 14.5. The SMILES string of the molecule is Cc1nc(-c2ncccn2)[nH]c(=O)c1CC(=O)NC(C)c1ccc2c(c1)CCCC2. The second-order valence-electron chi connectivity index (χ2n) is 7.75. The topological polar surface area (TPSA) is 101 Å². The van der Waals surface area contributed by atoms with Gasteiger partial charge in [0.25, 0.3) is 5.56 Å². The summed E-state index contributed by atoms with van der Waals surface area (Å²) in [5.74, 6) is 0.429. The summed E-state index contributed by atoms with van der Waals surface area (Å²) in [5, 5.41) is 3.01. The number of aromatic nitrogens is 4. The van der Waals surface area contributed by atoms with Crippen LogP contribution in [0.3, 0.4) is 0 Å². The highest BCUT2D eigenvalue weighted by atomic mass is 16.2. The Morgan fingerprint density at radius 3 is 2.63 bits per heavy atom. The number of fused-ring (bicyclic) bond motifs is 1. The van der Waals surface area contributed by atoms with Crippen molar-refractivity contribution in [3.05, 3.63) is 75.0 Å². The lowest BCUT2D eigenvalue weighted by molar-refractivity contribution is -0.121. The molecule has 1 aliphatic rings. The molecule has 0 bridgehead atoms. The largest absolute Gasteiger partial charge is 0.349 e. The maximum Gasteiger partial charge on any atom is 0.255 e. The Morgan fingerprint density at radius 2 is 1.90 bits per heavy atom. The third-order valence-corrected chi connectivity index (χ3v) is 5.59. The van der Waals surface area contributed by atoms with Gasteiger partial charge < -0.3 is 10.3 Å². The molecule has 0 fully saturated rings. The molecule has 4 rings (SSSR count). The molecular formula is C23H25N5O2. The first kappa shape index (κ1) is 19.9. The quantitative estimate of drug-likeness (QED) is 0.682. The monoisotopic (exact) mass is 403 g/mol. The average Bonchev–Trinajstić information content (AvgIpc) is 2.76. The molecule has 0 radical (unpaired) electrons. The van der Waals surface area contributed by atoms with Crippen molar-refractivity contribution in [1.29, 1.82) is 0 Å². The fraction of sp³-hybridized carbons (Fsp3) is 0.348. The van der Waals surface area contributed by atoms with Crippen molar-refractivity contribution in [3.8, 4) is 11.6 Å². The van der Waals surface area contributed by atoms with Crippen LogP contribution < -0.4 is 10.9 Å². The van der Waals surface area contributed by atoms with E-state index in [0.717, 1.165) is 18.4 Å². The van der Waals surface area contributed by atoms with Crippen molar-refractivity contribution < 1.29 is 4.79 Å². The molecule has 0 spiro atoms. The van der Waals surface area contributed by atoms with Crippen LogP contribution in [0.2, 0.25) is 0 Å². The number of nitrogens with one attached hydrogen (secondary N) is 2. The molecule has 1 amide bonds. The zero-order chi connectivity index (χ0) is 21.1. The Morgan fingerprint density at radius 1 is 1.17 bits per heavy atom. The summed E-state index contributed by atoms with van der Waals surface area (Å²) in [6.45, 7) is 3.69. The summed E-state index contributed by atoms with van der Waals surface area (Å²) in [5.41, 5.74) is 4.39. The Bertz CT molecular complexity index is 1120. The third kappa shape index (κ3) is 4.30. The predicted molar refractivity (Wildman–Crippen MR) is 114 cm³/mol. The van der Waals surface area contributed by atoms with E-state index in [4.69, 9.17) is 0 Å². The molecule has 30 heavy (non-hydrogen) atoms. The predicted octanol–water partition coefficient (Wildman–Crippen LogP) is 2.83. The summed E-state index contributed by atoms with van der Waals surface area (Å²) >= 11 is 0. The maximum atomic E-state index is 12.6. The van der Waals surface area contributed by atoms with Gasteiger partial charge in [-0.15, -0.1) is 0 Å². The van der Waals surface area contributed by atoms with Crippen molar-refractivity contribution in [2.75, 3.05) is 0 Å². The fourth-order valence-corrected chi connectivity index (χ4v) is 3.91. The molecule has 7 nitrogen and oxygen atoms in total. The van der Waals surface area contributed by atoms with E-state index in [-0.39, 0.29) is 23.9 Å². The van der Waals surface area contributed by atoms with Gasteiger partial charge in [0.15, 0.2) is 11.6 Å². The number of aromatic amines is 1. The lowest BCUT2D eigenvalue weighted by atomic mass is 9.89. The molecule has 1 unspecified atom stereocenters. The summed E-state index contributed by atoms with van der Waals surface area (Å²) < 4.78 is 0. The smallest absolute Gasteiger partial charge is 0.255 e. The summed E-state index contributed by atoms with van der Waals surface area (Å²) in [6.07, 6.45) is 7.84. The van der Waals surface area contributed by atoms with Crippen LogP contribution in [0.4, 0.5) is 0 Å². The Kier molecular flexibility index (Phi) is 5.70. The van der Waals surface area contributed by atoms with Crippen LogP contribution in [-0.4, -0.2) is 25.8 Å². The van der Waals surface area contributed by atoms with E-state index in [0.29, 0.717) is 22.9 Å². The van der Waals surface area contributed by atoms with Crippen LogP contribution in [0.1, 0.15) is 53.8 Å². The van der Waals surface area contributed by atoms with E-state index in [2.05, 4.69) is 43.5 Å². The molecule has 2 N–H and O–H groups in total. The highest BCUT2D eigenvalue weighted by Crippen LogP contribution is 2.24. The maximum absolute atomic E-state index is 12.6. The van der Waals surface area contributed by atoms with Crippen LogP contribution in [0.25, 0.3) is 11.6 Å². The first-order valence-corrected chi connectivity index (χ1v) is 10.3. The van der Waals surface area contributed by atoms with Gasteiger partial charge in [-0.05, 0) is 62.3 Å². The fourth-order valence-electron chi connectivity index (χ4n) is 3.91. The van der Waals surface area contributed by atoms with Gasteiger partial charge >= 0.3 is 0 Å². The van der Waals surface area contributed by atoms with E-state index in [1.807, 2.05) is 6.92 Å². The number of hydrogen-bond acceptors (Lipinski definition) is 5. The average molecular weight is 403 g/mol. The van der Waals surface area contributed by atoms with E-state index in [1.54, 1.807) is 25.4 Å². The van der Waals surface area contributed by atoms with Crippen molar-refractivity contribution in [3.63, 3.8) is 0 Å². The van der Waals surface area contributed by atoms with Crippen molar-refractivity contribution in [1.82, 2.24) is 25.3 Å². The molecule has 154 valence electrons. The molecule has 1 aliphatic carbocycles. The normalized spacial score (nSPS) is 14.1. The van der Waals surface area contributed by atoms with Gasteiger partial charge in [-0.1, -0.05) is 18.2 Å². The minimum Gasteiger partial charge on any atom is -0.349 e. The molecular weight excluding hydrogens is 378 g/mol. The number of carbonyl (C=O) groups excluding carboxylic acids is 1. The molecule has 1 atom stereocenters. The molecule has 1 aromatic carbocycles. The summed E-state index contributed by atoms with van der Waals surface area (Å²) in [4.78, 5) is 40.5. The minimum absolute atomic E-state index is 0.0284. The lowest BCUT2D eigenvalue weighted by Gasteiger charge is -2.20. The van der Waals surface area contributed by atoms with Crippen LogP contribution in [0, 0.1) is 6.92 Å². The molecule has 0 aliphatic heterocycles. The number of amides is 1. The molecule has 2 heterocycles. The van der Waals surface area contributed by atoms with Gasteiger partial charge in [0, 0.05) is 23.7 Å². The molecule has 2 aromatic heterocycles. The molecule has 7 heteroatoms. The number of benzene rings is 1. The van der Waals surface area contributed by atoms with Crippen molar-refractivity contribution in [2.24, 2.45) is 0 Å². The van der Waals surface area contributed by atoms with Gasteiger partial charge in [-0.3, -0.25) is 9.59 Å². The molecule has 3 aromatic rings. The second-order valence-corrected chi connectivity index (χ2v) is 7.75. The molecule has 0 saturated carbocycles. The summed E-state index contributed by atoms with van der Waals surface area (Å²) in [6, 6.07) is 8.03. The van der Waals surface area contributed by atoms with Crippen molar-refractivity contribution >= 4 is 5.91 Å². The number of rotatable bonds is 5. The summed E-state index contributed by atoms with van der Waals surface area (Å²) in [7, 11) is 0. The minimum atomic E-state index is -0.346. The number of aryl methyl sites for hydroxylation is 3. The standard InChI is InChI=1S/C23H25N5O2/c1-14(17-9-8-16-6-3-4-7-18(16)12-17)26-20(29)13-19-15(2)27-22(28-23(19)30)21-24-10-5-11-25-21/h5,8-12,14H,3-4,6-7,13H2,1-2H3,(H,26,29)(H,27,28,30). The highest BCUT2D eigenvalue weighted by molar-refractivity contribution is 5.79. The van der Waals surface area contributed by atoms with Crippen LogP contribution >= 0.6 is 0 Å². The van der Waals surface area contributed by atoms with E-state index < -0.39 is 0 Å². The van der Waals surface area contributed by atoms with Crippen LogP contribution in [-0.2, 0) is 24.1 Å². The number of nitrogens with zero attached hydrogens (tertiary/aromatic N) is 3. The second kappa shape index (κ2) is 8.57. The van der Waals surface area contributed by atoms with Crippen molar-refractivity contribution in [2.45, 2.75) is 52.0 Å². The Hall–Kier alpha value is -3.35. The highest BCUT2D eigenvalue weighted by Gasteiger charge is 2.17. The van der Waals surface area contributed by atoms with Gasteiger partial charge in [0.2, 0.25) is 5.91 Å². The zero-order valence-corrected chi connectivity index (χ0v) is 17.2. The van der Waals surface area contributed by atoms with Gasteiger partial charge in [0.1, 0.15) is 0 Å². The Balaban J connectivity index is 1.47.